The van der Waals surface area contributed by atoms with Crippen LogP contribution >= 0.6 is 0 Å². The topological polar surface area (TPSA) is 41.6 Å². The Morgan fingerprint density at radius 1 is 1.12 bits per heavy atom. The first-order chi connectivity index (χ1) is 12.1. The Kier molecular flexibility index (Phi) is 5.71. The van der Waals surface area contributed by atoms with Crippen LogP contribution in [-0.4, -0.2) is 24.1 Å². The number of fused-ring (bicyclic) bond motifs is 1. The predicted molar refractivity (Wildman–Crippen MR) is 100 cm³/mol. The van der Waals surface area contributed by atoms with Gasteiger partial charge in [-0.15, -0.1) is 0 Å². The van der Waals surface area contributed by atoms with Crippen LogP contribution in [-0.2, 0) is 24.3 Å². The van der Waals surface area contributed by atoms with Gasteiger partial charge in [0.25, 0.3) is 0 Å². The first kappa shape index (κ1) is 17.5. The van der Waals surface area contributed by atoms with Crippen molar-refractivity contribution in [1.82, 2.24) is 4.90 Å². The number of ether oxygens (including phenoxy) is 1. The molecule has 1 radical (unpaired) electrons. The molecule has 1 N–H and O–H groups in total. The van der Waals surface area contributed by atoms with E-state index >= 15 is 0 Å². The molecule has 0 aromatic heterocycles. The molecule has 2 aromatic carbocycles. The molecule has 1 amide bonds. The van der Waals surface area contributed by atoms with Gasteiger partial charge in [0.05, 0.1) is 0 Å². The highest BCUT2D eigenvalue weighted by Crippen LogP contribution is 2.23. The van der Waals surface area contributed by atoms with Crippen LogP contribution in [0, 0.1) is 5.92 Å². The van der Waals surface area contributed by atoms with Crippen molar-refractivity contribution in [3.63, 3.8) is 0 Å². The van der Waals surface area contributed by atoms with Crippen molar-refractivity contribution in [3.8, 4) is 0 Å². The quantitative estimate of drug-likeness (QED) is 0.879. The minimum Gasteiger partial charge on any atom is -0.444 e. The van der Waals surface area contributed by atoms with Crippen LogP contribution in [0.5, 0.6) is 0 Å². The zero-order valence-corrected chi connectivity index (χ0v) is 14.9. The molecule has 0 fully saturated rings. The standard InChI is InChI=1S/C21H25N2O2/c1-16(2)13-23-11-10-18-8-9-20(12-19(18)14-23)22-21(24)25-15-17-6-4-3-5-7-17/h3-9,12H,10-11,13-15H2,1-2H3,(H,22,24). The van der Waals surface area contributed by atoms with Crippen LogP contribution in [0.1, 0.15) is 30.5 Å². The number of carbonyl (C=O) groups is 1. The molecule has 0 saturated carbocycles. The summed E-state index contributed by atoms with van der Waals surface area (Å²) in [7, 11) is 0. The lowest BCUT2D eigenvalue weighted by Gasteiger charge is -2.30. The molecule has 1 aliphatic heterocycles. The van der Waals surface area contributed by atoms with Crippen molar-refractivity contribution >= 4 is 11.8 Å². The molecule has 25 heavy (non-hydrogen) atoms. The molecule has 2 aromatic rings. The number of hydrogen-bond donors (Lipinski definition) is 1. The van der Waals surface area contributed by atoms with Crippen LogP contribution in [0.4, 0.5) is 10.5 Å². The average Bonchev–Trinajstić information content (AvgIpc) is 2.60. The first-order valence-corrected chi connectivity index (χ1v) is 8.71. The van der Waals surface area contributed by atoms with Gasteiger partial charge in [-0.05, 0) is 41.2 Å². The molecule has 1 heterocycles. The maximum atomic E-state index is 12.0. The van der Waals surface area contributed by atoms with E-state index in [2.05, 4.69) is 36.2 Å². The number of amides is 1. The lowest BCUT2D eigenvalue weighted by atomic mass is 9.98. The summed E-state index contributed by atoms with van der Waals surface area (Å²) >= 11 is 0. The van der Waals surface area contributed by atoms with E-state index in [9.17, 15) is 4.79 Å². The summed E-state index contributed by atoms with van der Waals surface area (Å²) in [6, 6.07) is 15.8. The number of carbonyl (C=O) groups excluding carboxylic acids is 1. The number of anilines is 1. The Hall–Kier alpha value is -2.33. The zero-order valence-electron chi connectivity index (χ0n) is 14.9. The molecule has 131 valence electrons. The lowest BCUT2D eigenvalue weighted by Crippen LogP contribution is -2.33. The number of hydrogen-bond acceptors (Lipinski definition) is 3. The summed E-state index contributed by atoms with van der Waals surface area (Å²) in [5, 5.41) is 2.83. The van der Waals surface area contributed by atoms with E-state index in [0.29, 0.717) is 0 Å². The largest absolute Gasteiger partial charge is 0.444 e. The van der Waals surface area contributed by atoms with E-state index in [1.165, 1.54) is 17.0 Å². The van der Waals surface area contributed by atoms with E-state index in [-0.39, 0.29) is 6.61 Å². The molecular formula is C21H25N2O2. The third-order valence-electron chi connectivity index (χ3n) is 4.30. The maximum absolute atomic E-state index is 12.0. The summed E-state index contributed by atoms with van der Waals surface area (Å²) in [5.74, 6) is 1.42. The normalized spacial score (nSPS) is 14.2. The van der Waals surface area contributed by atoms with Crippen LogP contribution in [0.2, 0.25) is 0 Å². The fraction of sp³-hybridized carbons (Fsp3) is 0.333. The maximum Gasteiger partial charge on any atom is 0.411 e. The van der Waals surface area contributed by atoms with Gasteiger partial charge < -0.3 is 4.74 Å². The lowest BCUT2D eigenvalue weighted by molar-refractivity contribution is 0.155. The summed E-state index contributed by atoms with van der Waals surface area (Å²) in [6.45, 7) is 7.64. The Bertz CT molecular complexity index is 713. The average molecular weight is 337 g/mol. The third-order valence-corrected chi connectivity index (χ3v) is 4.30. The Balaban J connectivity index is 1.57. The second-order valence-electron chi connectivity index (χ2n) is 6.84. The summed E-state index contributed by atoms with van der Waals surface area (Å²) in [4.78, 5) is 14.5. The number of rotatable bonds is 5. The molecule has 0 atom stereocenters. The van der Waals surface area contributed by atoms with Crippen molar-refractivity contribution in [2.24, 2.45) is 0 Å². The van der Waals surface area contributed by atoms with Crippen LogP contribution < -0.4 is 5.32 Å². The monoisotopic (exact) mass is 337 g/mol. The van der Waals surface area contributed by atoms with Crippen LogP contribution in [0.15, 0.2) is 48.5 Å². The van der Waals surface area contributed by atoms with Crippen LogP contribution in [0.3, 0.4) is 0 Å². The van der Waals surface area contributed by atoms with E-state index in [1.807, 2.05) is 36.4 Å². The fourth-order valence-corrected chi connectivity index (χ4v) is 3.15. The second-order valence-corrected chi connectivity index (χ2v) is 6.84. The highest BCUT2D eigenvalue weighted by Gasteiger charge is 2.17. The first-order valence-electron chi connectivity index (χ1n) is 8.71. The predicted octanol–water partition coefficient (Wildman–Crippen LogP) is 4.41. The molecule has 0 spiro atoms. The smallest absolute Gasteiger partial charge is 0.411 e. The minimum absolute atomic E-state index is 0.275. The van der Waals surface area contributed by atoms with Crippen molar-refractivity contribution in [1.29, 1.82) is 0 Å². The highest BCUT2D eigenvalue weighted by atomic mass is 16.5. The molecule has 3 rings (SSSR count). The van der Waals surface area contributed by atoms with Gasteiger partial charge in [0.1, 0.15) is 6.61 Å². The Morgan fingerprint density at radius 3 is 2.68 bits per heavy atom. The van der Waals surface area contributed by atoms with Gasteiger partial charge in [-0.3, -0.25) is 10.2 Å². The molecule has 0 unspecified atom stereocenters. The van der Waals surface area contributed by atoms with Crippen molar-refractivity contribution < 1.29 is 9.53 Å². The van der Waals surface area contributed by atoms with E-state index < -0.39 is 6.09 Å². The Morgan fingerprint density at radius 2 is 1.92 bits per heavy atom. The van der Waals surface area contributed by atoms with Gasteiger partial charge in [0.2, 0.25) is 0 Å². The van der Waals surface area contributed by atoms with Crippen LogP contribution in [0.25, 0.3) is 0 Å². The van der Waals surface area contributed by atoms with Gasteiger partial charge in [-0.1, -0.05) is 50.2 Å². The van der Waals surface area contributed by atoms with Gasteiger partial charge in [0, 0.05) is 25.3 Å². The number of benzene rings is 2. The van der Waals surface area contributed by atoms with E-state index in [0.717, 1.165) is 37.3 Å². The van der Waals surface area contributed by atoms with Gasteiger partial charge in [-0.25, -0.2) is 4.79 Å². The number of nitrogens with zero attached hydrogens (tertiary/aromatic N) is 1. The molecule has 4 nitrogen and oxygen atoms in total. The van der Waals surface area contributed by atoms with Gasteiger partial charge >= 0.3 is 6.09 Å². The zero-order chi connectivity index (χ0) is 17.6. The third kappa shape index (κ3) is 5.07. The highest BCUT2D eigenvalue weighted by molar-refractivity contribution is 5.84. The molecule has 0 bridgehead atoms. The summed E-state index contributed by atoms with van der Waals surface area (Å²) in [6.07, 6.45) is 0.635. The molecule has 4 heteroatoms. The van der Waals surface area contributed by atoms with Crippen molar-refractivity contribution in [3.05, 3.63) is 71.1 Å². The second kappa shape index (κ2) is 8.17. The summed E-state index contributed by atoms with van der Waals surface area (Å²) in [5.41, 5.74) is 4.42. The summed E-state index contributed by atoms with van der Waals surface area (Å²) < 4.78 is 5.29. The molecule has 0 saturated heterocycles. The number of nitrogens with one attached hydrogen (secondary N) is 1. The molecule has 1 aliphatic rings. The molecular weight excluding hydrogens is 312 g/mol. The van der Waals surface area contributed by atoms with Crippen molar-refractivity contribution in [2.45, 2.75) is 33.4 Å². The van der Waals surface area contributed by atoms with Crippen molar-refractivity contribution in [2.75, 3.05) is 18.4 Å². The fourth-order valence-electron chi connectivity index (χ4n) is 3.15. The minimum atomic E-state index is -0.422. The van der Waals surface area contributed by atoms with E-state index in [1.54, 1.807) is 0 Å². The Labute approximate surface area is 149 Å². The van der Waals surface area contributed by atoms with Gasteiger partial charge in [0.15, 0.2) is 0 Å². The van der Waals surface area contributed by atoms with Gasteiger partial charge in [-0.2, -0.15) is 0 Å². The molecule has 0 aliphatic carbocycles. The SMILES string of the molecule is C[C](C)CN1CCc2ccc(NC(=O)OCc3ccccc3)cc2C1. The van der Waals surface area contributed by atoms with E-state index in [4.69, 9.17) is 4.74 Å².